The number of oxazole rings is 1. The highest BCUT2D eigenvalue weighted by Gasteiger charge is 2.16. The van der Waals surface area contributed by atoms with E-state index in [0.29, 0.717) is 30.1 Å². The predicted octanol–water partition coefficient (Wildman–Crippen LogP) is 4.33. The monoisotopic (exact) mass is 371 g/mol. The number of nitrogen functional groups attached to an aromatic ring is 1. The third-order valence-corrected chi connectivity index (χ3v) is 3.83. The highest BCUT2D eigenvalue weighted by Crippen LogP contribution is 2.34. The first-order valence-corrected chi connectivity index (χ1v) is 9.08. The van der Waals surface area contributed by atoms with Crippen LogP contribution in [0, 0.1) is 0 Å². The number of anilines is 1. The van der Waals surface area contributed by atoms with E-state index >= 15 is 0 Å². The van der Waals surface area contributed by atoms with Crippen LogP contribution in [0.3, 0.4) is 0 Å². The highest BCUT2D eigenvalue weighted by molar-refractivity contribution is 5.86. The van der Waals surface area contributed by atoms with Crippen molar-refractivity contribution in [2.24, 2.45) is 0 Å². The number of aromatic nitrogens is 2. The minimum atomic E-state index is -0.417. The first-order chi connectivity index (χ1) is 13.0. The quantitative estimate of drug-likeness (QED) is 0.589. The smallest absolute Gasteiger partial charge is 0.293 e. The zero-order valence-corrected chi connectivity index (χ0v) is 16.1. The summed E-state index contributed by atoms with van der Waals surface area (Å²) >= 11 is 0. The second kappa shape index (κ2) is 8.37. The van der Waals surface area contributed by atoms with Crippen LogP contribution < -0.4 is 10.5 Å². The van der Waals surface area contributed by atoms with E-state index in [-0.39, 0.29) is 12.1 Å². The van der Waals surface area contributed by atoms with Crippen molar-refractivity contribution >= 4 is 17.1 Å². The fourth-order valence-electron chi connectivity index (χ4n) is 2.77. The predicted molar refractivity (Wildman–Crippen MR) is 103 cm³/mol. The van der Waals surface area contributed by atoms with E-state index in [1.54, 1.807) is 6.20 Å². The Hall–Kier alpha value is -2.64. The number of hydrogen-bond acceptors (Lipinski definition) is 7. The molecule has 2 N–H and O–H groups in total. The summed E-state index contributed by atoms with van der Waals surface area (Å²) < 4.78 is 22.6. The molecule has 2 heterocycles. The molecule has 2 aromatic heterocycles. The molecule has 0 saturated carbocycles. The number of nitrogens with two attached hydrogens (primary N) is 1. The van der Waals surface area contributed by atoms with E-state index in [9.17, 15) is 0 Å². The van der Waals surface area contributed by atoms with Gasteiger partial charge in [-0.25, -0.2) is 0 Å². The SMILES string of the molecule is CCOC(OCC)c1ccc(-c2cc(OC(C)C)c3oc(N)nc3c2)nc1. The maximum absolute atomic E-state index is 5.87. The lowest BCUT2D eigenvalue weighted by Crippen LogP contribution is -2.09. The molecule has 7 nitrogen and oxygen atoms in total. The Balaban J connectivity index is 1.96. The van der Waals surface area contributed by atoms with E-state index in [1.165, 1.54) is 0 Å². The molecule has 0 fully saturated rings. The van der Waals surface area contributed by atoms with Crippen molar-refractivity contribution in [2.75, 3.05) is 18.9 Å². The Kier molecular flexibility index (Phi) is 5.93. The van der Waals surface area contributed by atoms with Crippen LogP contribution in [0.15, 0.2) is 34.9 Å². The van der Waals surface area contributed by atoms with Gasteiger partial charge in [-0.3, -0.25) is 4.98 Å². The average Bonchev–Trinajstić information content (AvgIpc) is 3.02. The second-order valence-corrected chi connectivity index (χ2v) is 6.26. The normalized spacial score (nSPS) is 11.6. The summed E-state index contributed by atoms with van der Waals surface area (Å²) in [5.41, 5.74) is 9.39. The molecule has 0 aliphatic carbocycles. The van der Waals surface area contributed by atoms with Crippen LogP contribution in [0.25, 0.3) is 22.4 Å². The Morgan fingerprint density at radius 3 is 2.44 bits per heavy atom. The molecule has 0 aliphatic heterocycles. The number of hydrogen-bond donors (Lipinski definition) is 1. The number of pyridine rings is 1. The van der Waals surface area contributed by atoms with Gasteiger partial charge in [-0.1, -0.05) is 6.07 Å². The van der Waals surface area contributed by atoms with Crippen LogP contribution in [0.5, 0.6) is 5.75 Å². The van der Waals surface area contributed by atoms with Crippen molar-refractivity contribution in [2.45, 2.75) is 40.1 Å². The molecule has 1 aromatic carbocycles. The molecule has 0 bridgehead atoms. The van der Waals surface area contributed by atoms with Gasteiger partial charge in [-0.2, -0.15) is 4.98 Å². The summed E-state index contributed by atoms with van der Waals surface area (Å²) in [7, 11) is 0. The molecule has 27 heavy (non-hydrogen) atoms. The minimum absolute atomic E-state index is 0.0109. The fourth-order valence-corrected chi connectivity index (χ4v) is 2.77. The van der Waals surface area contributed by atoms with E-state index in [2.05, 4.69) is 9.97 Å². The van der Waals surface area contributed by atoms with Gasteiger partial charge in [0.1, 0.15) is 5.52 Å². The van der Waals surface area contributed by atoms with Gasteiger partial charge in [-0.15, -0.1) is 0 Å². The number of ether oxygens (including phenoxy) is 3. The highest BCUT2D eigenvalue weighted by atomic mass is 16.7. The van der Waals surface area contributed by atoms with Crippen molar-refractivity contribution < 1.29 is 18.6 Å². The van der Waals surface area contributed by atoms with E-state index in [0.717, 1.165) is 16.8 Å². The maximum atomic E-state index is 5.87. The molecule has 0 radical (unpaired) electrons. The van der Waals surface area contributed by atoms with Gasteiger partial charge in [0.25, 0.3) is 6.01 Å². The summed E-state index contributed by atoms with van der Waals surface area (Å²) in [6.45, 7) is 8.89. The molecule has 3 aromatic rings. The van der Waals surface area contributed by atoms with E-state index in [1.807, 2.05) is 52.0 Å². The van der Waals surface area contributed by atoms with Gasteiger partial charge in [0.05, 0.1) is 11.8 Å². The zero-order chi connectivity index (χ0) is 19.4. The van der Waals surface area contributed by atoms with Crippen molar-refractivity contribution in [1.82, 2.24) is 9.97 Å². The third-order valence-electron chi connectivity index (χ3n) is 3.83. The number of rotatable bonds is 8. The molecule has 0 saturated heterocycles. The van der Waals surface area contributed by atoms with Crippen molar-refractivity contribution in [3.8, 4) is 17.0 Å². The topological polar surface area (TPSA) is 92.6 Å². The summed E-state index contributed by atoms with van der Waals surface area (Å²) in [6.07, 6.45) is 1.33. The molecule has 0 unspecified atom stereocenters. The first-order valence-electron chi connectivity index (χ1n) is 9.08. The van der Waals surface area contributed by atoms with Gasteiger partial charge in [-0.05, 0) is 45.9 Å². The van der Waals surface area contributed by atoms with Gasteiger partial charge in [0.15, 0.2) is 17.6 Å². The summed E-state index contributed by atoms with van der Waals surface area (Å²) in [4.78, 5) is 8.79. The lowest BCUT2D eigenvalue weighted by atomic mass is 10.1. The van der Waals surface area contributed by atoms with Crippen molar-refractivity contribution in [3.63, 3.8) is 0 Å². The summed E-state index contributed by atoms with van der Waals surface area (Å²) in [6, 6.07) is 7.74. The molecular formula is C20H25N3O4. The van der Waals surface area contributed by atoms with Crippen LogP contribution in [-0.2, 0) is 9.47 Å². The van der Waals surface area contributed by atoms with Crippen LogP contribution in [0.2, 0.25) is 0 Å². The Morgan fingerprint density at radius 2 is 1.85 bits per heavy atom. The minimum Gasteiger partial charge on any atom is -0.487 e. The van der Waals surface area contributed by atoms with Crippen molar-refractivity contribution in [1.29, 1.82) is 0 Å². The molecule has 144 valence electrons. The van der Waals surface area contributed by atoms with Crippen LogP contribution in [-0.4, -0.2) is 29.3 Å². The average molecular weight is 371 g/mol. The standard InChI is InChI=1S/C20H25N3O4/c1-5-24-19(25-6-2)13-7-8-15(22-11-13)14-9-16-18(27-20(21)23-16)17(10-14)26-12(3)4/h7-12,19H,5-6H2,1-4H3,(H2,21,23). The lowest BCUT2D eigenvalue weighted by Gasteiger charge is -2.17. The zero-order valence-electron chi connectivity index (χ0n) is 16.1. The molecule has 0 spiro atoms. The third kappa shape index (κ3) is 4.37. The van der Waals surface area contributed by atoms with Gasteiger partial charge in [0.2, 0.25) is 0 Å². The number of benzene rings is 1. The van der Waals surface area contributed by atoms with Crippen molar-refractivity contribution in [3.05, 3.63) is 36.0 Å². The molecule has 7 heteroatoms. The molecule has 0 amide bonds. The lowest BCUT2D eigenvalue weighted by molar-refractivity contribution is -0.140. The molecular weight excluding hydrogens is 346 g/mol. The second-order valence-electron chi connectivity index (χ2n) is 6.26. The van der Waals surface area contributed by atoms with Gasteiger partial charge < -0.3 is 24.4 Å². The Bertz CT molecular complexity index is 884. The van der Waals surface area contributed by atoms with Gasteiger partial charge in [0, 0.05) is 30.5 Å². The van der Waals surface area contributed by atoms with E-state index in [4.69, 9.17) is 24.4 Å². The molecule has 3 rings (SSSR count). The first kappa shape index (κ1) is 19.1. The fraction of sp³-hybridized carbons (Fsp3) is 0.400. The largest absolute Gasteiger partial charge is 0.487 e. The maximum Gasteiger partial charge on any atom is 0.293 e. The van der Waals surface area contributed by atoms with E-state index < -0.39 is 6.29 Å². The molecule has 0 atom stereocenters. The summed E-state index contributed by atoms with van der Waals surface area (Å²) in [5, 5.41) is 0. The Morgan fingerprint density at radius 1 is 1.11 bits per heavy atom. The van der Waals surface area contributed by atoms with Crippen LogP contribution >= 0.6 is 0 Å². The summed E-state index contributed by atoms with van der Waals surface area (Å²) in [5.74, 6) is 0.592. The van der Waals surface area contributed by atoms with Crippen LogP contribution in [0.1, 0.15) is 39.5 Å². The van der Waals surface area contributed by atoms with Gasteiger partial charge >= 0.3 is 0 Å². The number of fused-ring (bicyclic) bond motifs is 1. The number of nitrogens with zero attached hydrogens (tertiary/aromatic N) is 2. The Labute approximate surface area is 158 Å². The van der Waals surface area contributed by atoms with Crippen LogP contribution in [0.4, 0.5) is 6.01 Å². The molecule has 0 aliphatic rings.